The molecule has 3 nitrogen and oxygen atoms in total. The van der Waals surface area contributed by atoms with Gasteiger partial charge in [-0.25, -0.2) is 4.79 Å². The summed E-state index contributed by atoms with van der Waals surface area (Å²) in [7, 11) is 0. The summed E-state index contributed by atoms with van der Waals surface area (Å²) in [4.78, 5) is 11.4. The summed E-state index contributed by atoms with van der Waals surface area (Å²) in [6, 6.07) is 11.7. The molecule has 2 aromatic rings. The lowest BCUT2D eigenvalue weighted by molar-refractivity contribution is 0.0696. The van der Waals surface area contributed by atoms with Gasteiger partial charge in [0.15, 0.2) is 0 Å². The van der Waals surface area contributed by atoms with Crippen molar-refractivity contribution < 1.29 is 9.90 Å². The van der Waals surface area contributed by atoms with E-state index in [0.29, 0.717) is 10.9 Å². The molecule has 0 saturated carbocycles. The minimum absolute atomic E-state index is 0.142. The third kappa shape index (κ3) is 2.54. The van der Waals surface area contributed by atoms with E-state index in [-0.39, 0.29) is 17.5 Å². The van der Waals surface area contributed by atoms with E-state index in [2.05, 4.69) is 45.5 Å². The van der Waals surface area contributed by atoms with Crippen molar-refractivity contribution in [1.29, 1.82) is 0 Å². The molecular formula is C19H15BrClNO2. The molecule has 0 spiro atoms. The van der Waals surface area contributed by atoms with Crippen molar-refractivity contribution in [3.8, 4) is 0 Å². The molecule has 0 saturated heterocycles. The number of carbonyl (C=O) groups is 1. The average molecular weight is 405 g/mol. The highest BCUT2D eigenvalue weighted by molar-refractivity contribution is 9.10. The average Bonchev–Trinajstić information content (AvgIpc) is 3.04. The van der Waals surface area contributed by atoms with Crippen LogP contribution in [0.15, 0.2) is 53.0 Å². The third-order valence-electron chi connectivity index (χ3n) is 4.88. The number of carboxylic acids is 1. The molecule has 2 N–H and O–H groups in total. The Hall–Kier alpha value is -1.78. The van der Waals surface area contributed by atoms with Crippen molar-refractivity contribution in [2.75, 3.05) is 5.32 Å². The summed E-state index contributed by atoms with van der Waals surface area (Å²) < 4.78 is 1.04. The van der Waals surface area contributed by atoms with E-state index in [9.17, 15) is 9.90 Å². The molecule has 1 heterocycles. The van der Waals surface area contributed by atoms with Gasteiger partial charge in [-0.05, 0) is 47.7 Å². The van der Waals surface area contributed by atoms with Gasteiger partial charge < -0.3 is 10.4 Å². The fraction of sp³-hybridized carbons (Fsp3) is 0.211. The van der Waals surface area contributed by atoms with E-state index in [1.54, 1.807) is 6.07 Å². The van der Waals surface area contributed by atoms with Crippen molar-refractivity contribution in [3.63, 3.8) is 0 Å². The number of carboxylic acid groups (broad SMARTS) is 1. The summed E-state index contributed by atoms with van der Waals surface area (Å²) in [5.41, 5.74) is 3.26. The molecule has 0 aromatic heterocycles. The lowest BCUT2D eigenvalue weighted by Gasteiger charge is -2.38. The Bertz CT molecular complexity index is 864. The zero-order valence-electron chi connectivity index (χ0n) is 12.7. The van der Waals surface area contributed by atoms with Gasteiger partial charge in [0.2, 0.25) is 0 Å². The van der Waals surface area contributed by atoms with Gasteiger partial charge in [-0.15, -0.1) is 0 Å². The second-order valence-electron chi connectivity index (χ2n) is 6.26. The SMILES string of the molecule is O=C(O)c1cc(Cl)c2c(c1)[C@H]1C=CC[C@@H]1[C@@H](c1cccc(Br)c1)N2. The number of anilines is 1. The third-order valence-corrected chi connectivity index (χ3v) is 5.67. The molecule has 0 radical (unpaired) electrons. The monoisotopic (exact) mass is 403 g/mol. The van der Waals surface area contributed by atoms with Crippen LogP contribution < -0.4 is 5.32 Å². The highest BCUT2D eigenvalue weighted by Gasteiger charge is 2.39. The molecule has 0 fully saturated rings. The first-order chi connectivity index (χ1) is 11.5. The molecule has 2 aromatic carbocycles. The molecule has 5 heteroatoms. The highest BCUT2D eigenvalue weighted by atomic mass is 79.9. The standard InChI is InChI=1S/C19H15BrClNO2/c20-12-4-1-3-10(7-12)17-14-6-2-5-13(14)15-8-11(19(23)24)9-16(21)18(15)22-17/h1-5,7-9,13-14,17,22H,6H2,(H,23,24)/t13-,14-,17+/m0/s1. The Balaban J connectivity index is 1.83. The second-order valence-corrected chi connectivity index (χ2v) is 7.58. The zero-order chi connectivity index (χ0) is 16.8. The molecule has 2 aliphatic rings. The number of allylic oxidation sites excluding steroid dienone is 2. The van der Waals surface area contributed by atoms with Crippen LogP contribution in [-0.4, -0.2) is 11.1 Å². The van der Waals surface area contributed by atoms with E-state index in [1.165, 1.54) is 11.6 Å². The number of benzene rings is 2. The van der Waals surface area contributed by atoms with E-state index in [1.807, 2.05) is 12.1 Å². The van der Waals surface area contributed by atoms with Gasteiger partial charge in [0.1, 0.15) is 0 Å². The Morgan fingerprint density at radius 3 is 2.88 bits per heavy atom. The highest BCUT2D eigenvalue weighted by Crippen LogP contribution is 2.51. The van der Waals surface area contributed by atoms with Crippen molar-refractivity contribution in [2.24, 2.45) is 5.92 Å². The summed E-state index contributed by atoms with van der Waals surface area (Å²) in [5, 5.41) is 13.3. The fourth-order valence-corrected chi connectivity index (χ4v) is 4.51. The Labute approximate surface area is 153 Å². The quantitative estimate of drug-likeness (QED) is 0.638. The van der Waals surface area contributed by atoms with Crippen LogP contribution in [-0.2, 0) is 0 Å². The van der Waals surface area contributed by atoms with Crippen LogP contribution in [0, 0.1) is 5.92 Å². The topological polar surface area (TPSA) is 49.3 Å². The molecule has 3 atom stereocenters. The lowest BCUT2D eigenvalue weighted by atomic mass is 9.76. The van der Waals surface area contributed by atoms with Crippen LogP contribution >= 0.6 is 27.5 Å². The normalized spacial score (nSPS) is 24.2. The summed E-state index contributed by atoms with van der Waals surface area (Å²) >= 11 is 9.94. The predicted molar refractivity (Wildman–Crippen MR) is 98.9 cm³/mol. The summed E-state index contributed by atoms with van der Waals surface area (Å²) in [5.74, 6) is -0.415. The Morgan fingerprint density at radius 1 is 1.29 bits per heavy atom. The number of hydrogen-bond donors (Lipinski definition) is 2. The lowest BCUT2D eigenvalue weighted by Crippen LogP contribution is -2.29. The smallest absolute Gasteiger partial charge is 0.335 e. The first-order valence-electron chi connectivity index (χ1n) is 7.80. The van der Waals surface area contributed by atoms with Crippen molar-refractivity contribution in [3.05, 3.63) is 74.7 Å². The molecule has 1 aliphatic heterocycles. The predicted octanol–water partition coefficient (Wildman–Crippen LogP) is 5.63. The molecule has 0 bridgehead atoms. The number of aromatic carboxylic acids is 1. The summed E-state index contributed by atoms with van der Waals surface area (Å²) in [6.07, 6.45) is 5.32. The maximum absolute atomic E-state index is 11.4. The van der Waals surface area contributed by atoms with Gasteiger partial charge >= 0.3 is 5.97 Å². The maximum Gasteiger partial charge on any atom is 0.335 e. The van der Waals surface area contributed by atoms with Gasteiger partial charge in [0.05, 0.1) is 22.3 Å². The van der Waals surface area contributed by atoms with Gasteiger partial charge in [-0.3, -0.25) is 0 Å². The number of halogens is 2. The van der Waals surface area contributed by atoms with Crippen molar-refractivity contribution >= 4 is 39.2 Å². The molecule has 4 rings (SSSR count). The Morgan fingerprint density at radius 2 is 2.12 bits per heavy atom. The minimum Gasteiger partial charge on any atom is -0.478 e. The van der Waals surface area contributed by atoms with E-state index < -0.39 is 5.97 Å². The first-order valence-corrected chi connectivity index (χ1v) is 8.97. The van der Waals surface area contributed by atoms with Crippen molar-refractivity contribution in [2.45, 2.75) is 18.4 Å². The number of rotatable bonds is 2. The van der Waals surface area contributed by atoms with Gasteiger partial charge in [0, 0.05) is 10.4 Å². The molecule has 24 heavy (non-hydrogen) atoms. The van der Waals surface area contributed by atoms with Crippen molar-refractivity contribution in [1.82, 2.24) is 0 Å². The number of hydrogen-bond acceptors (Lipinski definition) is 2. The van der Waals surface area contributed by atoms with Crippen LogP contribution in [0.3, 0.4) is 0 Å². The molecular weight excluding hydrogens is 390 g/mol. The second kappa shape index (κ2) is 5.94. The van der Waals surface area contributed by atoms with Gasteiger partial charge in [0.25, 0.3) is 0 Å². The van der Waals surface area contributed by atoms with E-state index in [0.717, 1.165) is 22.1 Å². The zero-order valence-corrected chi connectivity index (χ0v) is 15.0. The number of fused-ring (bicyclic) bond motifs is 3. The maximum atomic E-state index is 11.4. The van der Waals surface area contributed by atoms with Gasteiger partial charge in [-0.1, -0.05) is 51.8 Å². The molecule has 0 amide bonds. The van der Waals surface area contributed by atoms with Crippen LogP contribution in [0.4, 0.5) is 5.69 Å². The number of nitrogens with one attached hydrogen (secondary N) is 1. The summed E-state index contributed by atoms with van der Waals surface area (Å²) in [6.45, 7) is 0. The van der Waals surface area contributed by atoms with E-state index >= 15 is 0 Å². The minimum atomic E-state index is -0.952. The largest absolute Gasteiger partial charge is 0.478 e. The van der Waals surface area contributed by atoms with Crippen LogP contribution in [0.2, 0.25) is 5.02 Å². The molecule has 1 aliphatic carbocycles. The van der Waals surface area contributed by atoms with E-state index in [4.69, 9.17) is 11.6 Å². The van der Waals surface area contributed by atoms with Crippen LogP contribution in [0.5, 0.6) is 0 Å². The molecule has 0 unspecified atom stereocenters. The Kier molecular flexibility index (Phi) is 3.89. The molecule has 122 valence electrons. The van der Waals surface area contributed by atoms with Crippen LogP contribution in [0.1, 0.15) is 39.9 Å². The first kappa shape index (κ1) is 15.7. The van der Waals surface area contributed by atoms with Gasteiger partial charge in [-0.2, -0.15) is 0 Å². The van der Waals surface area contributed by atoms with Crippen LogP contribution in [0.25, 0.3) is 0 Å². The fourth-order valence-electron chi connectivity index (χ4n) is 3.81.